The van der Waals surface area contributed by atoms with Crippen LogP contribution < -0.4 is 4.74 Å². The van der Waals surface area contributed by atoms with Crippen LogP contribution in [0.5, 0.6) is 5.88 Å². The van der Waals surface area contributed by atoms with E-state index < -0.39 is 36.1 Å². The Morgan fingerprint density at radius 1 is 1.00 bits per heavy atom. The lowest BCUT2D eigenvalue weighted by atomic mass is 10.0. The van der Waals surface area contributed by atoms with E-state index in [1.165, 1.54) is 60.2 Å². The number of methoxy groups -OCH3 is 1. The van der Waals surface area contributed by atoms with Crippen LogP contribution in [0.2, 0.25) is 0 Å². The smallest absolute Gasteiger partial charge is 0.335 e. The van der Waals surface area contributed by atoms with E-state index >= 15 is 8.78 Å². The number of hydrogen-bond acceptors (Lipinski definition) is 6. The van der Waals surface area contributed by atoms with Gasteiger partial charge in [0.05, 0.1) is 46.6 Å². The van der Waals surface area contributed by atoms with E-state index in [4.69, 9.17) is 14.7 Å². The summed E-state index contributed by atoms with van der Waals surface area (Å²) in [6, 6.07) is 15.5. The highest BCUT2D eigenvalue weighted by Crippen LogP contribution is 2.30. The molecule has 5 rings (SSSR count). The topological polar surface area (TPSA) is 110 Å². The van der Waals surface area contributed by atoms with E-state index in [0.717, 1.165) is 18.2 Å². The van der Waals surface area contributed by atoms with Crippen molar-refractivity contribution in [2.75, 3.05) is 20.4 Å². The first-order chi connectivity index (χ1) is 21.2. The van der Waals surface area contributed by atoms with Crippen LogP contribution in [0.1, 0.15) is 38.9 Å². The normalized spacial score (nSPS) is 11.8. The van der Waals surface area contributed by atoms with Crippen LogP contribution in [0.4, 0.5) is 17.6 Å². The van der Waals surface area contributed by atoms with E-state index in [-0.39, 0.29) is 64.9 Å². The van der Waals surface area contributed by atoms with Gasteiger partial charge in [0.15, 0.2) is 0 Å². The van der Waals surface area contributed by atoms with Crippen molar-refractivity contribution in [1.82, 2.24) is 14.5 Å². The van der Waals surface area contributed by atoms with E-state index in [1.807, 2.05) is 6.07 Å². The van der Waals surface area contributed by atoms with Crippen molar-refractivity contribution in [2.45, 2.75) is 19.1 Å². The zero-order valence-corrected chi connectivity index (χ0v) is 23.2. The fourth-order valence-corrected chi connectivity index (χ4v) is 4.81. The molecule has 2 aromatic heterocycles. The number of hydrogen-bond donors (Lipinski definition) is 1. The Morgan fingerprint density at radius 3 is 2.50 bits per heavy atom. The molecule has 1 N–H and O–H groups in total. The molecule has 2 heterocycles. The van der Waals surface area contributed by atoms with Crippen molar-refractivity contribution in [3.63, 3.8) is 0 Å². The lowest BCUT2D eigenvalue weighted by Crippen LogP contribution is -2.19. The number of fused-ring (bicyclic) bond motifs is 1. The first kappa shape index (κ1) is 30.2. The Kier molecular flexibility index (Phi) is 8.87. The molecule has 1 atom stereocenters. The van der Waals surface area contributed by atoms with Gasteiger partial charge in [0, 0.05) is 30.7 Å². The SMILES string of the molecule is COC[C@H](CF)n1c(Cc2cc(F)c(-c3cccc(OCc4ccc(C#N)cc4F)n3)cc2F)nc2ccc(C(=O)O)cc21. The van der Waals surface area contributed by atoms with Crippen molar-refractivity contribution >= 4 is 17.0 Å². The number of carboxylic acids is 1. The van der Waals surface area contributed by atoms with Crippen LogP contribution in [0.25, 0.3) is 22.3 Å². The molecular formula is C32H24F4N4O4. The van der Waals surface area contributed by atoms with Gasteiger partial charge in [-0.3, -0.25) is 0 Å². The Morgan fingerprint density at radius 2 is 1.80 bits per heavy atom. The Labute approximate surface area is 248 Å². The summed E-state index contributed by atoms with van der Waals surface area (Å²) in [6.07, 6.45) is -0.229. The number of ether oxygens (including phenoxy) is 2. The Hall–Kier alpha value is -5.28. The van der Waals surface area contributed by atoms with E-state index in [1.54, 1.807) is 0 Å². The quantitative estimate of drug-likeness (QED) is 0.174. The Balaban J connectivity index is 1.44. The van der Waals surface area contributed by atoms with Gasteiger partial charge in [-0.2, -0.15) is 5.26 Å². The second kappa shape index (κ2) is 12.9. The van der Waals surface area contributed by atoms with E-state index in [0.29, 0.717) is 11.0 Å². The van der Waals surface area contributed by atoms with Gasteiger partial charge in [-0.05, 0) is 54.1 Å². The third-order valence-corrected chi connectivity index (χ3v) is 6.95. The van der Waals surface area contributed by atoms with Crippen LogP contribution >= 0.6 is 0 Å². The standard InChI is InChI=1S/C32H24F4N4O4/c1-43-17-22(14-33)40-29-11-19(32(41)42)7-8-28(29)38-30(40)12-21-10-26(36)23(13-25(21)35)27-3-2-4-31(39-27)44-16-20-6-5-18(15-37)9-24(20)34/h2-11,13,22H,12,14,16-17H2,1H3,(H,41,42)/t22-/m0/s1. The predicted octanol–water partition coefficient (Wildman–Crippen LogP) is 6.41. The maximum atomic E-state index is 15.5. The monoisotopic (exact) mass is 604 g/mol. The number of pyridine rings is 1. The molecule has 3 aromatic carbocycles. The van der Waals surface area contributed by atoms with Crippen LogP contribution in [-0.4, -0.2) is 46.0 Å². The van der Waals surface area contributed by atoms with Gasteiger partial charge >= 0.3 is 5.97 Å². The second-order valence-electron chi connectivity index (χ2n) is 9.84. The van der Waals surface area contributed by atoms with Crippen molar-refractivity contribution < 1.29 is 36.9 Å². The summed E-state index contributed by atoms with van der Waals surface area (Å²) in [5, 5.41) is 18.3. The third kappa shape index (κ3) is 6.23. The molecule has 0 saturated heterocycles. The zero-order valence-electron chi connectivity index (χ0n) is 23.2. The molecule has 8 nitrogen and oxygen atoms in total. The zero-order chi connectivity index (χ0) is 31.4. The number of benzene rings is 3. The summed E-state index contributed by atoms with van der Waals surface area (Å²) < 4.78 is 71.4. The number of alkyl halides is 1. The third-order valence-electron chi connectivity index (χ3n) is 6.95. The highest BCUT2D eigenvalue weighted by Gasteiger charge is 2.23. The molecule has 0 aliphatic heterocycles. The number of aromatic carboxylic acids is 1. The number of halogens is 4. The number of carboxylic acid groups (broad SMARTS) is 1. The maximum Gasteiger partial charge on any atom is 0.335 e. The average Bonchev–Trinajstić information content (AvgIpc) is 3.37. The first-order valence-corrected chi connectivity index (χ1v) is 13.3. The Bertz CT molecular complexity index is 1900. The fraction of sp³-hybridized carbons (Fsp3) is 0.188. The second-order valence-corrected chi connectivity index (χ2v) is 9.84. The van der Waals surface area contributed by atoms with Gasteiger partial charge in [0.1, 0.15) is 36.6 Å². The summed E-state index contributed by atoms with van der Waals surface area (Å²) in [7, 11) is 1.39. The van der Waals surface area contributed by atoms with Crippen LogP contribution in [0, 0.1) is 28.8 Å². The van der Waals surface area contributed by atoms with Crippen molar-refractivity contribution in [1.29, 1.82) is 5.26 Å². The summed E-state index contributed by atoms with van der Waals surface area (Å²) >= 11 is 0. The number of rotatable bonds is 11. The molecule has 0 bridgehead atoms. The number of carbonyl (C=O) groups is 1. The molecule has 0 fully saturated rings. The van der Waals surface area contributed by atoms with Gasteiger partial charge in [0.25, 0.3) is 0 Å². The lowest BCUT2D eigenvalue weighted by Gasteiger charge is -2.19. The molecule has 0 radical (unpaired) electrons. The molecule has 0 saturated carbocycles. The molecule has 0 amide bonds. The minimum atomic E-state index is -1.18. The first-order valence-electron chi connectivity index (χ1n) is 13.3. The van der Waals surface area contributed by atoms with Gasteiger partial charge in [-0.25, -0.2) is 32.3 Å². The average molecular weight is 605 g/mol. The van der Waals surface area contributed by atoms with Gasteiger partial charge < -0.3 is 19.1 Å². The van der Waals surface area contributed by atoms with Crippen LogP contribution in [0.3, 0.4) is 0 Å². The molecule has 0 unspecified atom stereocenters. The fourth-order valence-electron chi connectivity index (χ4n) is 4.81. The van der Waals surface area contributed by atoms with Gasteiger partial charge in [0.2, 0.25) is 5.88 Å². The largest absolute Gasteiger partial charge is 0.478 e. The van der Waals surface area contributed by atoms with E-state index in [2.05, 4.69) is 9.97 Å². The van der Waals surface area contributed by atoms with Gasteiger partial charge in [-0.15, -0.1) is 0 Å². The highest BCUT2D eigenvalue weighted by molar-refractivity contribution is 5.92. The number of aromatic nitrogens is 3. The summed E-state index contributed by atoms with van der Waals surface area (Å²) in [6.45, 7) is -1.15. The maximum absolute atomic E-state index is 15.5. The van der Waals surface area contributed by atoms with E-state index in [9.17, 15) is 18.7 Å². The molecular weight excluding hydrogens is 580 g/mol. The molecule has 0 spiro atoms. The number of nitriles is 1. The lowest BCUT2D eigenvalue weighted by molar-refractivity contribution is 0.0697. The number of imidazole rings is 1. The summed E-state index contributed by atoms with van der Waals surface area (Å²) in [4.78, 5) is 20.3. The molecule has 5 aromatic rings. The minimum absolute atomic E-state index is 0.0393. The minimum Gasteiger partial charge on any atom is -0.478 e. The number of nitrogens with zero attached hydrogens (tertiary/aromatic N) is 4. The van der Waals surface area contributed by atoms with Crippen LogP contribution in [-0.2, 0) is 17.8 Å². The van der Waals surface area contributed by atoms with Crippen molar-refractivity contribution in [3.8, 4) is 23.2 Å². The molecule has 0 aliphatic carbocycles. The molecule has 224 valence electrons. The predicted molar refractivity (Wildman–Crippen MR) is 151 cm³/mol. The highest BCUT2D eigenvalue weighted by atomic mass is 19.1. The van der Waals surface area contributed by atoms with Crippen molar-refractivity contribution in [2.24, 2.45) is 0 Å². The molecule has 44 heavy (non-hydrogen) atoms. The van der Waals surface area contributed by atoms with Crippen molar-refractivity contribution in [3.05, 3.63) is 112 Å². The summed E-state index contributed by atoms with van der Waals surface area (Å²) in [5.41, 5.74) is 0.830. The summed E-state index contributed by atoms with van der Waals surface area (Å²) in [5.74, 6) is -3.14. The van der Waals surface area contributed by atoms with Crippen LogP contribution in [0.15, 0.2) is 66.7 Å². The molecule has 12 heteroatoms. The molecule has 0 aliphatic rings. The van der Waals surface area contributed by atoms with Gasteiger partial charge in [-0.1, -0.05) is 12.1 Å².